The number of nitrogens with zero attached hydrogens (tertiary/aromatic N) is 1. The Labute approximate surface area is 210 Å². The van der Waals surface area contributed by atoms with Crippen LogP contribution in [-0.4, -0.2) is 41.7 Å². The van der Waals surface area contributed by atoms with Gasteiger partial charge in [0, 0.05) is 0 Å². The summed E-state index contributed by atoms with van der Waals surface area (Å²) in [7, 11) is -1.14. The average molecular weight is 517 g/mol. The molecule has 8 nitrogen and oxygen atoms in total. The number of methoxy groups -OCH3 is 2. The van der Waals surface area contributed by atoms with Crippen molar-refractivity contribution in [3.63, 3.8) is 0 Å². The molecule has 36 heavy (non-hydrogen) atoms. The predicted molar refractivity (Wildman–Crippen MR) is 135 cm³/mol. The molecule has 1 amide bonds. The van der Waals surface area contributed by atoms with Crippen LogP contribution in [0.1, 0.15) is 25.5 Å². The Bertz CT molecular complexity index is 1280. The smallest absolute Gasteiger partial charge is 0.264 e. The van der Waals surface area contributed by atoms with Crippen LogP contribution in [0.3, 0.4) is 0 Å². The highest BCUT2D eigenvalue weighted by atomic mass is 32.2. The van der Waals surface area contributed by atoms with Gasteiger partial charge in [0.15, 0.2) is 11.5 Å². The number of carbonyl (C=O) groups excluding carboxylic acids is 1. The number of benzene rings is 3. The summed E-state index contributed by atoms with van der Waals surface area (Å²) in [6, 6.07) is 15.6. The Morgan fingerprint density at radius 3 is 2.19 bits per heavy atom. The summed E-state index contributed by atoms with van der Waals surface area (Å²) in [5.74, 6) is 0.518. The first-order chi connectivity index (χ1) is 17.2. The van der Waals surface area contributed by atoms with Gasteiger partial charge in [-0.3, -0.25) is 9.10 Å². The summed E-state index contributed by atoms with van der Waals surface area (Å²) >= 11 is 0. The summed E-state index contributed by atoms with van der Waals surface area (Å²) < 4.78 is 57.3. The van der Waals surface area contributed by atoms with Gasteiger partial charge in [-0.25, -0.2) is 12.8 Å². The SMILES string of the molecule is CCOc1ccc(N(CC(=O)NC(C)c2ccc(OC)c(OC)c2)S(=O)(=O)c2ccc(F)cc2)cc1. The summed E-state index contributed by atoms with van der Waals surface area (Å²) in [5.41, 5.74) is 1.01. The van der Waals surface area contributed by atoms with Gasteiger partial charge >= 0.3 is 0 Å². The molecule has 3 rings (SSSR count). The highest BCUT2D eigenvalue weighted by Gasteiger charge is 2.28. The van der Waals surface area contributed by atoms with Gasteiger partial charge in [0.1, 0.15) is 18.1 Å². The number of hydrogen-bond donors (Lipinski definition) is 1. The molecule has 0 aromatic heterocycles. The van der Waals surface area contributed by atoms with E-state index >= 15 is 0 Å². The van der Waals surface area contributed by atoms with Gasteiger partial charge in [-0.2, -0.15) is 0 Å². The van der Waals surface area contributed by atoms with Crippen LogP contribution in [0.5, 0.6) is 17.2 Å². The summed E-state index contributed by atoms with van der Waals surface area (Å²) in [4.78, 5) is 12.9. The van der Waals surface area contributed by atoms with Crippen LogP contribution < -0.4 is 23.8 Å². The van der Waals surface area contributed by atoms with Crippen molar-refractivity contribution in [1.82, 2.24) is 5.32 Å². The molecule has 0 aliphatic rings. The van der Waals surface area contributed by atoms with Crippen molar-refractivity contribution in [2.24, 2.45) is 0 Å². The van der Waals surface area contributed by atoms with E-state index in [1.807, 2.05) is 6.92 Å². The zero-order valence-electron chi connectivity index (χ0n) is 20.5. The number of halogens is 1. The molecule has 1 unspecified atom stereocenters. The fourth-order valence-electron chi connectivity index (χ4n) is 3.55. The third-order valence-electron chi connectivity index (χ3n) is 5.41. The molecule has 3 aromatic rings. The van der Waals surface area contributed by atoms with Crippen LogP contribution in [0.25, 0.3) is 0 Å². The quantitative estimate of drug-likeness (QED) is 0.408. The molecule has 10 heteroatoms. The van der Waals surface area contributed by atoms with Crippen LogP contribution in [-0.2, 0) is 14.8 Å². The Kier molecular flexibility index (Phi) is 8.76. The lowest BCUT2D eigenvalue weighted by Crippen LogP contribution is -2.41. The number of hydrogen-bond acceptors (Lipinski definition) is 6. The lowest BCUT2D eigenvalue weighted by atomic mass is 10.1. The monoisotopic (exact) mass is 516 g/mol. The number of sulfonamides is 1. The second-order valence-electron chi connectivity index (χ2n) is 7.80. The lowest BCUT2D eigenvalue weighted by molar-refractivity contribution is -0.120. The van der Waals surface area contributed by atoms with Gasteiger partial charge in [-0.05, 0) is 80.1 Å². The molecule has 1 atom stereocenters. The lowest BCUT2D eigenvalue weighted by Gasteiger charge is -2.25. The van der Waals surface area contributed by atoms with E-state index in [1.165, 1.54) is 14.2 Å². The van der Waals surface area contributed by atoms with Crippen molar-refractivity contribution in [2.45, 2.75) is 24.8 Å². The van der Waals surface area contributed by atoms with Crippen molar-refractivity contribution in [2.75, 3.05) is 31.7 Å². The molecule has 0 saturated carbocycles. The summed E-state index contributed by atoms with van der Waals surface area (Å²) in [6.45, 7) is 3.57. The molecule has 0 bridgehead atoms. The molecule has 0 saturated heterocycles. The van der Waals surface area contributed by atoms with Crippen LogP contribution in [0, 0.1) is 5.82 Å². The number of rotatable bonds is 11. The van der Waals surface area contributed by atoms with Crippen molar-refractivity contribution < 1.29 is 31.8 Å². The zero-order valence-corrected chi connectivity index (χ0v) is 21.3. The van der Waals surface area contributed by atoms with Gasteiger partial charge in [-0.1, -0.05) is 6.07 Å². The van der Waals surface area contributed by atoms with E-state index in [2.05, 4.69) is 5.32 Å². The van der Waals surface area contributed by atoms with Crippen LogP contribution >= 0.6 is 0 Å². The second-order valence-corrected chi connectivity index (χ2v) is 9.66. The minimum atomic E-state index is -4.18. The molecule has 0 aliphatic carbocycles. The first kappa shape index (κ1) is 26.8. The van der Waals surface area contributed by atoms with Crippen LogP contribution in [0.2, 0.25) is 0 Å². The number of amides is 1. The minimum Gasteiger partial charge on any atom is -0.494 e. The molecular formula is C26H29FN2O6S. The number of carbonyl (C=O) groups is 1. The van der Waals surface area contributed by atoms with E-state index in [4.69, 9.17) is 14.2 Å². The highest BCUT2D eigenvalue weighted by Crippen LogP contribution is 2.30. The fraction of sp³-hybridized carbons (Fsp3) is 0.269. The number of nitrogens with one attached hydrogen (secondary N) is 1. The van der Waals surface area contributed by atoms with Gasteiger partial charge in [0.25, 0.3) is 10.0 Å². The van der Waals surface area contributed by atoms with E-state index in [9.17, 15) is 17.6 Å². The molecular weight excluding hydrogens is 487 g/mol. The molecule has 0 radical (unpaired) electrons. The fourth-order valence-corrected chi connectivity index (χ4v) is 4.97. The number of anilines is 1. The van der Waals surface area contributed by atoms with Gasteiger partial charge in [0.05, 0.1) is 37.5 Å². The van der Waals surface area contributed by atoms with Gasteiger partial charge < -0.3 is 19.5 Å². The Morgan fingerprint density at radius 2 is 1.61 bits per heavy atom. The van der Waals surface area contributed by atoms with Crippen molar-refractivity contribution in [3.05, 3.63) is 78.1 Å². The third kappa shape index (κ3) is 6.25. The zero-order chi connectivity index (χ0) is 26.3. The molecule has 0 heterocycles. The Hall–Kier alpha value is -3.79. The predicted octanol–water partition coefficient (Wildman–Crippen LogP) is 4.31. The van der Waals surface area contributed by atoms with Crippen LogP contribution in [0.15, 0.2) is 71.6 Å². The van der Waals surface area contributed by atoms with E-state index in [0.717, 1.165) is 34.1 Å². The molecule has 0 fully saturated rings. The topological polar surface area (TPSA) is 94.2 Å². The van der Waals surface area contributed by atoms with Crippen LogP contribution in [0.4, 0.5) is 10.1 Å². The first-order valence-electron chi connectivity index (χ1n) is 11.2. The normalized spacial score (nSPS) is 11.9. The molecule has 3 aromatic carbocycles. The number of ether oxygens (including phenoxy) is 3. The maximum Gasteiger partial charge on any atom is 0.264 e. The summed E-state index contributed by atoms with van der Waals surface area (Å²) in [6.07, 6.45) is 0. The maximum atomic E-state index is 13.5. The largest absolute Gasteiger partial charge is 0.494 e. The van der Waals surface area contributed by atoms with Gasteiger partial charge in [0.2, 0.25) is 5.91 Å². The van der Waals surface area contributed by atoms with Crippen molar-refractivity contribution in [1.29, 1.82) is 0 Å². The molecule has 0 spiro atoms. The first-order valence-corrected chi connectivity index (χ1v) is 12.7. The average Bonchev–Trinajstić information content (AvgIpc) is 2.87. The highest BCUT2D eigenvalue weighted by molar-refractivity contribution is 7.92. The third-order valence-corrected chi connectivity index (χ3v) is 7.20. The van der Waals surface area contributed by atoms with Gasteiger partial charge in [-0.15, -0.1) is 0 Å². The van der Waals surface area contributed by atoms with E-state index in [-0.39, 0.29) is 10.6 Å². The molecule has 192 valence electrons. The van der Waals surface area contributed by atoms with E-state index < -0.39 is 34.3 Å². The van der Waals surface area contributed by atoms with E-state index in [0.29, 0.717) is 23.9 Å². The Balaban J connectivity index is 1.88. The standard InChI is InChI=1S/C26H29FN2O6S/c1-5-35-22-11-9-21(10-12-22)29(36(31,32)23-13-7-20(27)8-14-23)17-26(30)28-18(2)19-6-15-24(33-3)25(16-19)34-4/h6-16,18H,5,17H2,1-4H3,(H,28,30). The summed E-state index contributed by atoms with van der Waals surface area (Å²) in [5, 5.41) is 2.82. The Morgan fingerprint density at radius 1 is 0.972 bits per heavy atom. The van der Waals surface area contributed by atoms with Crippen molar-refractivity contribution >= 4 is 21.6 Å². The maximum absolute atomic E-state index is 13.5. The minimum absolute atomic E-state index is 0.140. The molecule has 0 aliphatic heterocycles. The van der Waals surface area contributed by atoms with Crippen molar-refractivity contribution in [3.8, 4) is 17.2 Å². The molecule has 1 N–H and O–H groups in total. The second kappa shape index (κ2) is 11.8. The van der Waals surface area contributed by atoms with E-state index in [1.54, 1.807) is 49.4 Å².